The molecule has 0 aliphatic carbocycles. The summed E-state index contributed by atoms with van der Waals surface area (Å²) in [5.41, 5.74) is 2.39. The summed E-state index contributed by atoms with van der Waals surface area (Å²) in [4.78, 5) is 13.8. The molecule has 0 radical (unpaired) electrons. The first kappa shape index (κ1) is 25.5. The first-order valence-corrected chi connectivity index (χ1v) is 11.0. The molecule has 4 heteroatoms. The summed E-state index contributed by atoms with van der Waals surface area (Å²) < 4.78 is 0. The molecule has 31 heavy (non-hydrogen) atoms. The van der Waals surface area contributed by atoms with Crippen molar-refractivity contribution in [1.82, 2.24) is 15.0 Å². The number of aromatic hydroxyl groups is 1. The molecule has 0 unspecified atom stereocenters. The van der Waals surface area contributed by atoms with Crippen LogP contribution in [0.2, 0.25) is 0 Å². The molecule has 1 heterocycles. The summed E-state index contributed by atoms with van der Waals surface area (Å²) in [5, 5.41) is 10.2. The quantitative estimate of drug-likeness (QED) is 0.373. The average Bonchev–Trinajstić information content (AvgIpc) is 2.89. The minimum absolute atomic E-state index is 0.145. The summed E-state index contributed by atoms with van der Waals surface area (Å²) in [7, 11) is 0. The number of rotatable bonds is 3. The number of nitrogens with zero attached hydrogens (tertiary/aromatic N) is 3. The molecule has 4 aromatic rings. The molecule has 0 bridgehead atoms. The minimum atomic E-state index is 0.145. The van der Waals surface area contributed by atoms with E-state index in [0.717, 1.165) is 11.1 Å². The van der Waals surface area contributed by atoms with E-state index < -0.39 is 0 Å². The molecule has 0 saturated heterocycles. The molecule has 1 aromatic heterocycles. The van der Waals surface area contributed by atoms with Gasteiger partial charge in [-0.3, -0.25) is 0 Å². The fourth-order valence-electron chi connectivity index (χ4n) is 2.59. The number of phenols is 1. The summed E-state index contributed by atoms with van der Waals surface area (Å²) in [5.74, 6) is 1.75. The van der Waals surface area contributed by atoms with Crippen LogP contribution < -0.4 is 0 Å². The highest BCUT2D eigenvalue weighted by atomic mass is 16.3. The second-order valence-electron chi connectivity index (χ2n) is 5.56. The Morgan fingerprint density at radius 2 is 0.806 bits per heavy atom. The Hall–Kier alpha value is -3.53. The van der Waals surface area contributed by atoms with Gasteiger partial charge in [-0.1, -0.05) is 114 Å². The Bertz CT molecular complexity index is 945. The van der Waals surface area contributed by atoms with Crippen LogP contribution in [0.25, 0.3) is 34.2 Å². The van der Waals surface area contributed by atoms with Gasteiger partial charge in [-0.05, 0) is 12.1 Å². The average molecular weight is 416 g/mol. The highest BCUT2D eigenvalue weighted by molar-refractivity contribution is 5.69. The van der Waals surface area contributed by atoms with E-state index in [1.165, 1.54) is 0 Å². The Morgan fingerprint density at radius 3 is 1.23 bits per heavy atom. The van der Waals surface area contributed by atoms with Gasteiger partial charge in [0.1, 0.15) is 5.75 Å². The maximum absolute atomic E-state index is 10.2. The van der Waals surface area contributed by atoms with Gasteiger partial charge in [-0.2, -0.15) is 0 Å². The van der Waals surface area contributed by atoms with Gasteiger partial charge in [-0.25, -0.2) is 15.0 Å². The molecule has 4 rings (SSSR count). The van der Waals surface area contributed by atoms with E-state index in [2.05, 4.69) is 15.0 Å². The Labute approximate surface area is 186 Å². The first-order valence-electron chi connectivity index (χ1n) is 11.0. The van der Waals surface area contributed by atoms with Crippen LogP contribution in [0.15, 0.2) is 84.9 Å². The fraction of sp³-hybridized carbons (Fsp3) is 0.222. The van der Waals surface area contributed by atoms with Crippen LogP contribution in [-0.2, 0) is 0 Å². The van der Waals surface area contributed by atoms with Gasteiger partial charge in [0.15, 0.2) is 17.5 Å². The van der Waals surface area contributed by atoms with Gasteiger partial charge in [0.05, 0.1) is 5.56 Å². The van der Waals surface area contributed by atoms with Crippen molar-refractivity contribution >= 4 is 0 Å². The zero-order chi connectivity index (χ0) is 23.1. The van der Waals surface area contributed by atoms with Gasteiger partial charge in [-0.15, -0.1) is 0 Å². The Kier molecular flexibility index (Phi) is 11.9. The van der Waals surface area contributed by atoms with Gasteiger partial charge in [0.2, 0.25) is 0 Å². The molecule has 3 aromatic carbocycles. The zero-order valence-electron chi connectivity index (χ0n) is 19.4. The number of phenolic OH excluding ortho intramolecular Hbond substituents is 1. The van der Waals surface area contributed by atoms with Crippen LogP contribution in [0.1, 0.15) is 41.5 Å². The molecule has 0 amide bonds. The lowest BCUT2D eigenvalue weighted by molar-refractivity contribution is 0.477. The number of hydrogen-bond acceptors (Lipinski definition) is 4. The van der Waals surface area contributed by atoms with Gasteiger partial charge in [0, 0.05) is 11.1 Å². The number of hydrogen-bond donors (Lipinski definition) is 1. The standard InChI is InChI=1S/C21H15N3O.3C2H6/c25-18-14-8-7-13-17(18)21-23-19(15-9-3-1-4-10-15)22-20(24-21)16-11-5-2-6-12-16;3*1-2/h1-14,25H;3*1-2H3. The number of aromatic nitrogens is 3. The van der Waals surface area contributed by atoms with Crippen LogP contribution in [0.5, 0.6) is 5.75 Å². The summed E-state index contributed by atoms with van der Waals surface area (Å²) in [6.07, 6.45) is 0. The highest BCUT2D eigenvalue weighted by Crippen LogP contribution is 2.29. The van der Waals surface area contributed by atoms with Crippen LogP contribution in [0, 0.1) is 0 Å². The Balaban J connectivity index is 0.000000739. The van der Waals surface area contributed by atoms with Gasteiger partial charge >= 0.3 is 0 Å². The largest absolute Gasteiger partial charge is 0.507 e. The first-order chi connectivity index (χ1) is 15.3. The molecule has 0 saturated carbocycles. The zero-order valence-corrected chi connectivity index (χ0v) is 19.4. The molecule has 0 atom stereocenters. The Morgan fingerprint density at radius 1 is 0.452 bits per heavy atom. The molecule has 0 aliphatic heterocycles. The third-order valence-electron chi connectivity index (χ3n) is 3.84. The second-order valence-corrected chi connectivity index (χ2v) is 5.56. The topological polar surface area (TPSA) is 58.9 Å². The predicted octanol–water partition coefficient (Wildman–Crippen LogP) is 7.66. The second kappa shape index (κ2) is 14.5. The van der Waals surface area contributed by atoms with Crippen molar-refractivity contribution in [3.05, 3.63) is 84.9 Å². The van der Waals surface area contributed by atoms with Crippen molar-refractivity contribution in [2.45, 2.75) is 41.5 Å². The lowest BCUT2D eigenvalue weighted by atomic mass is 10.1. The highest BCUT2D eigenvalue weighted by Gasteiger charge is 2.13. The SMILES string of the molecule is CC.CC.CC.Oc1ccccc1-c1nc(-c2ccccc2)nc(-c2ccccc2)n1. The van der Waals surface area contributed by atoms with Crippen LogP contribution in [0.4, 0.5) is 0 Å². The van der Waals surface area contributed by atoms with Crippen molar-refractivity contribution < 1.29 is 5.11 Å². The third kappa shape index (κ3) is 7.03. The molecule has 1 N–H and O–H groups in total. The minimum Gasteiger partial charge on any atom is -0.507 e. The predicted molar refractivity (Wildman–Crippen MR) is 132 cm³/mol. The van der Waals surface area contributed by atoms with E-state index in [9.17, 15) is 5.11 Å². The maximum atomic E-state index is 10.2. The van der Waals surface area contributed by atoms with Crippen molar-refractivity contribution in [2.24, 2.45) is 0 Å². The lowest BCUT2D eigenvalue weighted by Crippen LogP contribution is -2.00. The fourth-order valence-corrected chi connectivity index (χ4v) is 2.59. The van der Waals surface area contributed by atoms with E-state index >= 15 is 0 Å². The van der Waals surface area contributed by atoms with Crippen molar-refractivity contribution in [2.75, 3.05) is 0 Å². The lowest BCUT2D eigenvalue weighted by Gasteiger charge is -2.09. The molecule has 0 spiro atoms. The maximum Gasteiger partial charge on any atom is 0.167 e. The smallest absolute Gasteiger partial charge is 0.167 e. The summed E-state index contributed by atoms with van der Waals surface area (Å²) >= 11 is 0. The summed E-state index contributed by atoms with van der Waals surface area (Å²) in [6.45, 7) is 12.0. The van der Waals surface area contributed by atoms with Crippen LogP contribution >= 0.6 is 0 Å². The van der Waals surface area contributed by atoms with Crippen LogP contribution in [0.3, 0.4) is 0 Å². The van der Waals surface area contributed by atoms with Gasteiger partial charge < -0.3 is 5.11 Å². The molecule has 162 valence electrons. The van der Waals surface area contributed by atoms with Crippen molar-refractivity contribution in [1.29, 1.82) is 0 Å². The van der Waals surface area contributed by atoms with Crippen molar-refractivity contribution in [3.63, 3.8) is 0 Å². The van der Waals surface area contributed by atoms with E-state index in [4.69, 9.17) is 0 Å². The molecule has 4 nitrogen and oxygen atoms in total. The summed E-state index contributed by atoms with van der Waals surface area (Å²) in [6, 6.07) is 26.6. The van der Waals surface area contributed by atoms with Crippen molar-refractivity contribution in [3.8, 4) is 39.9 Å². The normalized spacial score (nSPS) is 9.10. The van der Waals surface area contributed by atoms with Gasteiger partial charge in [0.25, 0.3) is 0 Å². The molecule has 0 fully saturated rings. The van der Waals surface area contributed by atoms with Crippen LogP contribution in [-0.4, -0.2) is 20.1 Å². The van der Waals surface area contributed by atoms with E-state index in [-0.39, 0.29) is 5.75 Å². The van der Waals surface area contributed by atoms with E-state index in [1.807, 2.05) is 108 Å². The van der Waals surface area contributed by atoms with E-state index in [0.29, 0.717) is 23.0 Å². The molecular formula is C27H33N3O. The number of benzene rings is 3. The monoisotopic (exact) mass is 415 g/mol. The number of para-hydroxylation sites is 1. The molecule has 0 aliphatic rings. The van der Waals surface area contributed by atoms with E-state index in [1.54, 1.807) is 18.2 Å². The third-order valence-corrected chi connectivity index (χ3v) is 3.84. The molecular weight excluding hydrogens is 382 g/mol.